The zero-order chi connectivity index (χ0) is 17.2. The van der Waals surface area contributed by atoms with Crippen LogP contribution < -0.4 is 10.6 Å². The zero-order valence-electron chi connectivity index (χ0n) is 13.7. The summed E-state index contributed by atoms with van der Waals surface area (Å²) in [7, 11) is 0. The van der Waals surface area contributed by atoms with Crippen molar-refractivity contribution in [1.82, 2.24) is 10.6 Å². The Kier molecular flexibility index (Phi) is 6.98. The molecule has 2 rings (SSSR count). The van der Waals surface area contributed by atoms with Gasteiger partial charge in [-0.3, -0.25) is 9.59 Å². The Bertz CT molecular complexity index is 605. The van der Waals surface area contributed by atoms with Crippen molar-refractivity contribution in [3.8, 4) is 0 Å². The lowest BCUT2D eigenvalue weighted by molar-refractivity contribution is -0.127. The molecule has 0 saturated heterocycles. The number of hydrogen-bond acceptors (Lipinski definition) is 3. The van der Waals surface area contributed by atoms with Crippen LogP contribution in [0.1, 0.15) is 24.2 Å². The second-order valence-electron chi connectivity index (χ2n) is 5.35. The van der Waals surface area contributed by atoms with E-state index in [0.717, 1.165) is 11.1 Å². The van der Waals surface area contributed by atoms with E-state index in [-0.39, 0.29) is 24.5 Å². The largest absolute Gasteiger partial charge is 0.359 e. The zero-order valence-corrected chi connectivity index (χ0v) is 13.7. The summed E-state index contributed by atoms with van der Waals surface area (Å²) in [5.74, 6) is -0.328. The van der Waals surface area contributed by atoms with E-state index >= 15 is 0 Å². The molecule has 0 aliphatic rings. The van der Waals surface area contributed by atoms with E-state index in [9.17, 15) is 9.59 Å². The van der Waals surface area contributed by atoms with Gasteiger partial charge < -0.3 is 15.4 Å². The van der Waals surface area contributed by atoms with Gasteiger partial charge in [-0.25, -0.2) is 0 Å². The van der Waals surface area contributed by atoms with Crippen molar-refractivity contribution >= 4 is 11.8 Å². The molecule has 5 heteroatoms. The minimum absolute atomic E-state index is 0.0471. The lowest BCUT2D eigenvalue weighted by Crippen LogP contribution is -2.35. The maximum absolute atomic E-state index is 11.9. The van der Waals surface area contributed by atoms with Crippen LogP contribution in [-0.2, 0) is 14.3 Å². The Balaban J connectivity index is 1.92. The Hall–Kier alpha value is -2.66. The van der Waals surface area contributed by atoms with Gasteiger partial charge in [-0.05, 0) is 11.1 Å². The molecule has 2 N–H and O–H groups in total. The molecule has 0 radical (unpaired) electrons. The van der Waals surface area contributed by atoms with Gasteiger partial charge in [0.15, 0.2) is 0 Å². The third kappa shape index (κ3) is 5.85. The molecule has 0 aliphatic carbocycles. The van der Waals surface area contributed by atoms with Crippen molar-refractivity contribution in [2.45, 2.75) is 13.0 Å². The molecule has 0 aliphatic heterocycles. The fourth-order valence-corrected chi connectivity index (χ4v) is 2.29. The minimum atomic E-state index is -0.298. The first kappa shape index (κ1) is 17.7. The predicted octanol–water partition coefficient (Wildman–Crippen LogP) is 2.04. The van der Waals surface area contributed by atoms with E-state index in [2.05, 4.69) is 10.6 Å². The number of benzene rings is 2. The maximum atomic E-state index is 11.9. The molecule has 126 valence electrons. The van der Waals surface area contributed by atoms with Crippen LogP contribution in [0.2, 0.25) is 0 Å². The van der Waals surface area contributed by atoms with Crippen molar-refractivity contribution in [3.63, 3.8) is 0 Å². The molecule has 5 nitrogen and oxygen atoms in total. The second-order valence-corrected chi connectivity index (χ2v) is 5.35. The monoisotopic (exact) mass is 326 g/mol. The summed E-state index contributed by atoms with van der Waals surface area (Å²) in [4.78, 5) is 22.7. The molecule has 24 heavy (non-hydrogen) atoms. The Morgan fingerprint density at radius 1 is 0.875 bits per heavy atom. The third-order valence-electron chi connectivity index (χ3n) is 3.41. The summed E-state index contributed by atoms with van der Waals surface area (Å²) >= 11 is 0. The first-order valence-electron chi connectivity index (χ1n) is 7.89. The molecule has 0 aromatic heterocycles. The lowest BCUT2D eigenvalue weighted by atomic mass is 10.0. The number of carbonyl (C=O) groups is 2. The summed E-state index contributed by atoms with van der Waals surface area (Å²) in [6, 6.07) is 19.6. The van der Waals surface area contributed by atoms with E-state index in [4.69, 9.17) is 4.74 Å². The van der Waals surface area contributed by atoms with E-state index in [1.807, 2.05) is 60.7 Å². The first-order valence-corrected chi connectivity index (χ1v) is 7.89. The number of carbonyl (C=O) groups excluding carboxylic acids is 2. The summed E-state index contributed by atoms with van der Waals surface area (Å²) in [6.07, 6.45) is -0.298. The van der Waals surface area contributed by atoms with E-state index < -0.39 is 0 Å². The molecular formula is C19H22N2O3. The highest BCUT2D eigenvalue weighted by Crippen LogP contribution is 2.25. The topological polar surface area (TPSA) is 67.4 Å². The van der Waals surface area contributed by atoms with Crippen molar-refractivity contribution < 1.29 is 14.3 Å². The fourth-order valence-electron chi connectivity index (χ4n) is 2.29. The smallest absolute Gasteiger partial charge is 0.246 e. The van der Waals surface area contributed by atoms with Crippen molar-refractivity contribution in [2.75, 3.05) is 19.7 Å². The molecule has 2 amide bonds. The number of rotatable bonds is 8. The van der Waals surface area contributed by atoms with Crippen molar-refractivity contribution in [2.24, 2.45) is 0 Å². The van der Waals surface area contributed by atoms with Crippen molar-refractivity contribution in [3.05, 3.63) is 71.8 Å². The van der Waals surface area contributed by atoms with Crippen LogP contribution in [0.15, 0.2) is 60.7 Å². The molecule has 0 bridgehead atoms. The number of nitrogens with one attached hydrogen (secondary N) is 2. The molecule has 2 aromatic rings. The molecule has 0 spiro atoms. The number of hydrogen-bond donors (Lipinski definition) is 2. The van der Waals surface area contributed by atoms with E-state index in [1.54, 1.807) is 0 Å². The average molecular weight is 326 g/mol. The third-order valence-corrected chi connectivity index (χ3v) is 3.41. The summed E-state index contributed by atoms with van der Waals surface area (Å²) in [5.41, 5.74) is 1.99. The second kappa shape index (κ2) is 9.47. The van der Waals surface area contributed by atoms with Crippen LogP contribution in [-0.4, -0.2) is 31.5 Å². The van der Waals surface area contributed by atoms with E-state index in [0.29, 0.717) is 13.1 Å². The van der Waals surface area contributed by atoms with Crippen LogP contribution in [0.3, 0.4) is 0 Å². The summed E-state index contributed by atoms with van der Waals surface area (Å²) in [6.45, 7) is 2.18. The highest BCUT2D eigenvalue weighted by Gasteiger charge is 2.15. The Labute approximate surface area is 142 Å². The van der Waals surface area contributed by atoms with Crippen LogP contribution in [0, 0.1) is 0 Å². The molecule has 0 fully saturated rings. The SMILES string of the molecule is CC(=O)NCCNC(=O)COC(c1ccccc1)c1ccccc1. The normalized spacial score (nSPS) is 10.4. The maximum Gasteiger partial charge on any atom is 0.246 e. The van der Waals surface area contributed by atoms with Gasteiger partial charge in [-0.1, -0.05) is 60.7 Å². The molecular weight excluding hydrogens is 304 g/mol. The summed E-state index contributed by atoms with van der Waals surface area (Å²) in [5, 5.41) is 5.34. The highest BCUT2D eigenvalue weighted by atomic mass is 16.5. The van der Waals surface area contributed by atoms with Gasteiger partial charge in [-0.2, -0.15) is 0 Å². The average Bonchev–Trinajstić information content (AvgIpc) is 2.61. The standard InChI is InChI=1S/C19H22N2O3/c1-15(22)20-12-13-21-18(23)14-24-19(16-8-4-2-5-9-16)17-10-6-3-7-11-17/h2-11,19H,12-14H2,1H3,(H,20,22)(H,21,23). The van der Waals surface area contributed by atoms with Gasteiger partial charge in [0.1, 0.15) is 12.7 Å². The fraction of sp³-hybridized carbons (Fsp3) is 0.263. The quantitative estimate of drug-likeness (QED) is 0.730. The summed E-state index contributed by atoms with van der Waals surface area (Å²) < 4.78 is 5.85. The molecule has 2 aromatic carbocycles. The molecule has 0 unspecified atom stereocenters. The van der Waals surface area contributed by atoms with Gasteiger partial charge in [0.25, 0.3) is 0 Å². The first-order chi connectivity index (χ1) is 11.7. The van der Waals surface area contributed by atoms with Crippen molar-refractivity contribution in [1.29, 1.82) is 0 Å². The Morgan fingerprint density at radius 2 is 1.38 bits per heavy atom. The lowest BCUT2D eigenvalue weighted by Gasteiger charge is -2.18. The molecule has 0 saturated carbocycles. The number of amides is 2. The molecule has 0 heterocycles. The number of ether oxygens (including phenoxy) is 1. The van der Waals surface area contributed by atoms with Crippen LogP contribution in [0.5, 0.6) is 0 Å². The minimum Gasteiger partial charge on any atom is -0.359 e. The van der Waals surface area contributed by atoms with E-state index in [1.165, 1.54) is 6.92 Å². The predicted molar refractivity (Wildman–Crippen MR) is 92.4 cm³/mol. The molecule has 0 atom stereocenters. The van der Waals surface area contributed by atoms with Gasteiger partial charge >= 0.3 is 0 Å². The van der Waals surface area contributed by atoms with Gasteiger partial charge in [0.2, 0.25) is 11.8 Å². The van der Waals surface area contributed by atoms with Gasteiger partial charge in [0, 0.05) is 20.0 Å². The Morgan fingerprint density at radius 3 is 1.88 bits per heavy atom. The highest BCUT2D eigenvalue weighted by molar-refractivity contribution is 5.77. The van der Waals surface area contributed by atoms with Crippen LogP contribution in [0.25, 0.3) is 0 Å². The van der Waals surface area contributed by atoms with Crippen LogP contribution in [0.4, 0.5) is 0 Å². The van der Waals surface area contributed by atoms with Gasteiger partial charge in [-0.15, -0.1) is 0 Å². The van der Waals surface area contributed by atoms with Gasteiger partial charge in [0.05, 0.1) is 0 Å². The van der Waals surface area contributed by atoms with Crippen LogP contribution >= 0.6 is 0 Å².